The number of anilines is 1. The summed E-state index contributed by atoms with van der Waals surface area (Å²) < 4.78 is 95.2. The van der Waals surface area contributed by atoms with Crippen LogP contribution in [0.2, 0.25) is 0 Å². The van der Waals surface area contributed by atoms with Crippen molar-refractivity contribution in [1.29, 1.82) is 0 Å². The van der Waals surface area contributed by atoms with Crippen LogP contribution in [0.15, 0.2) is 69.6 Å². The number of Topliss-reactive ketones (excluding diaryl/α,β-unsaturated/α-hetero) is 2. The molecule has 4 aliphatic rings. The number of rotatable bonds is 14. The molecule has 2 atom stereocenters. The number of fused-ring (bicyclic) bond motifs is 2. The molecule has 3 heterocycles. The number of benzene rings is 2. The zero-order valence-electron chi connectivity index (χ0n) is 34.6. The van der Waals surface area contributed by atoms with Gasteiger partial charge in [-0.15, -0.1) is 5.06 Å². The minimum absolute atomic E-state index is 0.0562. The highest BCUT2D eigenvalue weighted by Crippen LogP contribution is 2.50. The number of nitrogens with one attached hydrogen (secondary N) is 1. The Morgan fingerprint density at radius 1 is 0.857 bits per heavy atom. The van der Waals surface area contributed by atoms with Crippen LogP contribution < -0.4 is 9.62 Å². The van der Waals surface area contributed by atoms with Gasteiger partial charge in [0.2, 0.25) is 33.8 Å². The van der Waals surface area contributed by atoms with Crippen molar-refractivity contribution < 1.29 is 77.6 Å². The van der Waals surface area contributed by atoms with E-state index < -0.39 is 110 Å². The second-order valence-electron chi connectivity index (χ2n) is 16.6. The number of ketones is 2. The summed E-state index contributed by atoms with van der Waals surface area (Å²) in [5, 5.41) is 12.3. The molecule has 338 valence electrons. The highest BCUT2D eigenvalue weighted by atomic mass is 32.2. The standard InChI is InChI=1S/C40H44N4O16S3/c1-39(2)26-17-22(62(54,55)56)10-12-28(26)42(16-8-6-7-9-35(48)60-44-33(46)14-15-34(44)47)30(39)19-24-36(49)25(38(51)37(24)50)20-31-40(3,4)27-18-23(63(57,58)59)11-13-29(27)43(31)21-32(45)41-61(5,52)53/h10-13,17-20,24,36,49H,6-9,14-16,21H2,1-5H3,(H2-,41,45,54,55,56,57,58,59)/p+1/b25-20-,30-19+. The summed E-state index contributed by atoms with van der Waals surface area (Å²) in [5.41, 5.74) is -0.992. The summed E-state index contributed by atoms with van der Waals surface area (Å²) in [7, 11) is -13.4. The van der Waals surface area contributed by atoms with Gasteiger partial charge in [0.1, 0.15) is 0 Å². The molecule has 1 aliphatic carbocycles. The number of aliphatic hydroxyl groups is 1. The lowest BCUT2D eigenvalue weighted by Crippen LogP contribution is -2.37. The molecule has 4 N–H and O–H groups in total. The number of allylic oxidation sites excluding steroid dienone is 2. The van der Waals surface area contributed by atoms with Crippen molar-refractivity contribution >= 4 is 82.6 Å². The summed E-state index contributed by atoms with van der Waals surface area (Å²) in [5.74, 6) is -6.65. The fourth-order valence-corrected chi connectivity index (χ4v) is 9.80. The molecule has 3 amide bonds. The molecule has 2 fully saturated rings. The average Bonchev–Trinajstić information content (AvgIpc) is 3.74. The summed E-state index contributed by atoms with van der Waals surface area (Å²) in [6.45, 7) is 6.12. The number of nitrogens with zero attached hydrogens (tertiary/aromatic N) is 3. The van der Waals surface area contributed by atoms with Crippen molar-refractivity contribution in [2.75, 3.05) is 24.2 Å². The molecule has 0 bridgehead atoms. The van der Waals surface area contributed by atoms with Crippen LogP contribution in [0.25, 0.3) is 0 Å². The lowest BCUT2D eigenvalue weighted by molar-refractivity contribution is -0.425. The van der Waals surface area contributed by atoms with Gasteiger partial charge >= 0.3 is 5.97 Å². The number of imide groups is 1. The Morgan fingerprint density at radius 3 is 2.03 bits per heavy atom. The number of carbonyl (C=O) groups is 6. The van der Waals surface area contributed by atoms with E-state index in [9.17, 15) is 68.2 Å². The van der Waals surface area contributed by atoms with Crippen molar-refractivity contribution in [3.05, 3.63) is 70.9 Å². The smallest absolute Gasteiger partial charge is 0.333 e. The Bertz CT molecular complexity index is 2810. The van der Waals surface area contributed by atoms with Crippen LogP contribution in [0.5, 0.6) is 0 Å². The van der Waals surface area contributed by atoms with Gasteiger partial charge in [0, 0.05) is 65.9 Å². The van der Waals surface area contributed by atoms with E-state index in [-0.39, 0.29) is 49.2 Å². The van der Waals surface area contributed by atoms with Gasteiger partial charge in [0.15, 0.2) is 5.71 Å². The Labute approximate surface area is 362 Å². The number of hydroxylamine groups is 2. The van der Waals surface area contributed by atoms with E-state index in [0.717, 1.165) is 18.4 Å². The number of aliphatic hydroxyl groups excluding tert-OH is 1. The molecular weight excluding hydrogens is 889 g/mol. The van der Waals surface area contributed by atoms with Crippen LogP contribution in [-0.2, 0) is 74.7 Å². The average molecular weight is 934 g/mol. The molecule has 20 nitrogen and oxygen atoms in total. The third-order valence-electron chi connectivity index (χ3n) is 11.5. The van der Waals surface area contributed by atoms with Gasteiger partial charge in [-0.25, -0.2) is 17.9 Å². The molecule has 3 aliphatic heterocycles. The third kappa shape index (κ3) is 9.29. The van der Waals surface area contributed by atoms with Gasteiger partial charge in [0.25, 0.3) is 38.0 Å². The molecule has 1 saturated heterocycles. The molecule has 23 heteroatoms. The predicted molar refractivity (Wildman–Crippen MR) is 220 cm³/mol. The zero-order chi connectivity index (χ0) is 46.8. The summed E-state index contributed by atoms with van der Waals surface area (Å²) in [6.07, 6.45) is 2.39. The first-order valence-corrected chi connectivity index (χ1v) is 24.3. The number of hydrogen-bond donors (Lipinski definition) is 4. The molecule has 2 aromatic carbocycles. The first-order valence-electron chi connectivity index (χ1n) is 19.5. The minimum Gasteiger partial charge on any atom is -0.387 e. The van der Waals surface area contributed by atoms with Crippen LogP contribution in [0.4, 0.5) is 11.4 Å². The normalized spacial score (nSPS) is 22.1. The van der Waals surface area contributed by atoms with Crippen molar-refractivity contribution in [3.63, 3.8) is 0 Å². The van der Waals surface area contributed by atoms with E-state index in [2.05, 4.69) is 0 Å². The van der Waals surface area contributed by atoms with Gasteiger partial charge < -0.3 is 14.8 Å². The summed E-state index contributed by atoms with van der Waals surface area (Å²) in [6, 6.07) is 7.41. The van der Waals surface area contributed by atoms with Crippen molar-refractivity contribution in [1.82, 2.24) is 9.79 Å². The summed E-state index contributed by atoms with van der Waals surface area (Å²) >= 11 is 0. The molecule has 6 rings (SSSR count). The molecule has 0 radical (unpaired) electrons. The monoisotopic (exact) mass is 933 g/mol. The molecule has 2 unspecified atom stereocenters. The topological polar surface area (TPSA) is 296 Å². The SMILES string of the molecule is CC1(C)C(/C=C2\C(=O)C(=O)C(/C=C3/N(CCCCCC(=O)ON4C(=O)CCC4=O)c4ccc(S(=O)(=O)O)cc4C3(C)C)C2O)=[N+](CC(=O)NS(C)(=O)=O)c2ccc(S(=O)(=O)O)cc21. The lowest BCUT2D eigenvalue weighted by atomic mass is 9.80. The fraction of sp³-hybridized carbons (Fsp3) is 0.425. The maximum atomic E-state index is 13.9. The Hall–Kier alpha value is -5.46. The lowest BCUT2D eigenvalue weighted by Gasteiger charge is -2.28. The maximum Gasteiger partial charge on any atom is 0.333 e. The van der Waals surface area contributed by atoms with E-state index >= 15 is 0 Å². The van der Waals surface area contributed by atoms with Crippen LogP contribution in [0.3, 0.4) is 0 Å². The van der Waals surface area contributed by atoms with E-state index in [1.54, 1.807) is 32.6 Å². The van der Waals surface area contributed by atoms with E-state index in [1.807, 2.05) is 4.72 Å². The molecule has 0 aromatic heterocycles. The number of sulfonamides is 1. The first kappa shape index (κ1) is 47.0. The number of amides is 3. The van der Waals surface area contributed by atoms with Crippen LogP contribution in [-0.4, -0.2) is 116 Å². The highest BCUT2D eigenvalue weighted by molar-refractivity contribution is 7.89. The van der Waals surface area contributed by atoms with Gasteiger partial charge in [0.05, 0.1) is 33.5 Å². The largest absolute Gasteiger partial charge is 0.387 e. The van der Waals surface area contributed by atoms with Crippen LogP contribution in [0, 0.1) is 5.92 Å². The van der Waals surface area contributed by atoms with Crippen LogP contribution in [0.1, 0.15) is 77.3 Å². The predicted octanol–water partition coefficient (Wildman–Crippen LogP) is 1.54. The van der Waals surface area contributed by atoms with E-state index in [0.29, 0.717) is 34.9 Å². The molecule has 1 saturated carbocycles. The quantitative estimate of drug-likeness (QED) is 0.0522. The third-order valence-corrected chi connectivity index (χ3v) is 13.8. The van der Waals surface area contributed by atoms with Crippen molar-refractivity contribution in [3.8, 4) is 0 Å². The Kier molecular flexibility index (Phi) is 12.4. The second-order valence-corrected chi connectivity index (χ2v) is 21.2. The first-order chi connectivity index (χ1) is 29.0. The van der Waals surface area contributed by atoms with Crippen LogP contribution >= 0.6 is 0 Å². The van der Waals surface area contributed by atoms with E-state index in [1.165, 1.54) is 41.0 Å². The summed E-state index contributed by atoms with van der Waals surface area (Å²) in [4.78, 5) is 82.5. The Morgan fingerprint density at radius 2 is 1.44 bits per heavy atom. The molecule has 63 heavy (non-hydrogen) atoms. The molecule has 2 aromatic rings. The number of carbonyl (C=O) groups excluding carboxylic acids is 6. The zero-order valence-corrected chi connectivity index (χ0v) is 37.1. The highest BCUT2D eigenvalue weighted by Gasteiger charge is 2.51. The minimum atomic E-state index is -4.72. The van der Waals surface area contributed by atoms with Gasteiger partial charge in [-0.1, -0.05) is 26.3 Å². The van der Waals surface area contributed by atoms with Crippen molar-refractivity contribution in [2.45, 2.75) is 92.9 Å². The van der Waals surface area contributed by atoms with E-state index in [4.69, 9.17) is 4.84 Å². The number of unbranched alkanes of at least 4 members (excludes halogenated alkanes) is 2. The fourth-order valence-electron chi connectivity index (χ4n) is 8.31. The molecule has 0 spiro atoms. The van der Waals surface area contributed by atoms with Gasteiger partial charge in [-0.3, -0.25) is 33.1 Å². The van der Waals surface area contributed by atoms with Gasteiger partial charge in [-0.05, 0) is 62.6 Å². The molecular formula is C40H45N4O16S3+. The Balaban J connectivity index is 1.34. The number of hydrogen-bond acceptors (Lipinski definition) is 15. The second kappa shape index (κ2) is 16.6. The maximum absolute atomic E-state index is 13.9. The van der Waals surface area contributed by atoms with Gasteiger partial charge in [-0.2, -0.15) is 21.4 Å². The van der Waals surface area contributed by atoms with Crippen molar-refractivity contribution in [2.24, 2.45) is 5.92 Å².